The molecule has 0 amide bonds. The first-order chi connectivity index (χ1) is 12.0. The van der Waals surface area contributed by atoms with Gasteiger partial charge in [0, 0.05) is 11.4 Å². The van der Waals surface area contributed by atoms with Gasteiger partial charge in [0.1, 0.15) is 0 Å². The second-order valence-electron chi connectivity index (χ2n) is 6.17. The van der Waals surface area contributed by atoms with E-state index in [4.69, 9.17) is 9.90 Å². The molecule has 0 fully saturated rings. The van der Waals surface area contributed by atoms with E-state index in [0.717, 1.165) is 18.1 Å². The summed E-state index contributed by atoms with van der Waals surface area (Å²) in [5, 5.41) is 21.3. The van der Waals surface area contributed by atoms with E-state index in [1.165, 1.54) is 12.1 Å². The van der Waals surface area contributed by atoms with E-state index >= 15 is 0 Å². The van der Waals surface area contributed by atoms with Crippen molar-refractivity contribution in [3.63, 3.8) is 0 Å². The molecule has 0 saturated carbocycles. The maximum absolute atomic E-state index is 12.4. The molecule has 0 saturated heterocycles. The summed E-state index contributed by atoms with van der Waals surface area (Å²) in [7, 11) is -3.99. The molecule has 0 aliphatic carbocycles. The third-order valence-electron chi connectivity index (χ3n) is 3.55. The quantitative estimate of drug-likeness (QED) is 0.370. The Balaban J connectivity index is 0.00000123. The van der Waals surface area contributed by atoms with Gasteiger partial charge in [0.2, 0.25) is 0 Å². The van der Waals surface area contributed by atoms with E-state index in [1.807, 2.05) is 13.0 Å². The Kier molecular flexibility index (Phi) is 9.59. The zero-order chi connectivity index (χ0) is 20.0. The van der Waals surface area contributed by atoms with Crippen molar-refractivity contribution >= 4 is 21.9 Å². The third kappa shape index (κ3) is 7.63. The minimum Gasteiger partial charge on any atom is -0.861 e. The van der Waals surface area contributed by atoms with Crippen LogP contribution in [0.1, 0.15) is 31.9 Å². The number of carbonyl (C=O) groups excluding carboxylic acids is 1. The fraction of sp³-hybridized carbons (Fsp3) is 0.263. The van der Waals surface area contributed by atoms with Crippen molar-refractivity contribution in [3.8, 4) is 0 Å². The predicted octanol–water partition coefficient (Wildman–Crippen LogP) is 1.17. The van der Waals surface area contributed by atoms with Gasteiger partial charge in [-0.3, -0.25) is 0 Å². The Labute approximate surface area is 173 Å². The molecule has 0 aliphatic rings. The summed E-state index contributed by atoms with van der Waals surface area (Å²) in [6, 6.07) is 15.3. The Morgan fingerprint density at radius 2 is 1.41 bits per heavy atom. The van der Waals surface area contributed by atoms with E-state index in [2.05, 4.69) is 4.40 Å². The second-order valence-corrected chi connectivity index (χ2v) is 7.77. The van der Waals surface area contributed by atoms with Crippen LogP contribution in [-0.4, -0.2) is 20.3 Å². The molecule has 2 rings (SSSR count). The number of sulfonamides is 1. The monoisotopic (exact) mass is 481 g/mol. The Morgan fingerprint density at radius 3 is 1.85 bits per heavy atom. The fourth-order valence-electron chi connectivity index (χ4n) is 1.96. The normalized spacial score (nSPS) is 11.6. The van der Waals surface area contributed by atoms with Crippen molar-refractivity contribution in [1.82, 2.24) is 0 Å². The van der Waals surface area contributed by atoms with Crippen molar-refractivity contribution in [2.75, 3.05) is 0 Å². The van der Waals surface area contributed by atoms with Gasteiger partial charge < -0.3 is 15.0 Å². The largest absolute Gasteiger partial charge is 2.00 e. The molecule has 0 N–H and O–H groups in total. The van der Waals surface area contributed by atoms with E-state index in [-0.39, 0.29) is 25.3 Å². The summed E-state index contributed by atoms with van der Waals surface area (Å²) < 4.78 is 28.0. The van der Waals surface area contributed by atoms with Gasteiger partial charge in [0.05, 0.1) is 4.90 Å². The molecule has 0 heterocycles. The number of hydrogen-bond acceptors (Lipinski definition) is 5. The summed E-state index contributed by atoms with van der Waals surface area (Å²) in [5.41, 5.74) is 0.664. The molecule has 8 heteroatoms. The minimum absolute atomic E-state index is 0. The summed E-state index contributed by atoms with van der Waals surface area (Å²) in [6.45, 7) is 6.16. The number of carboxylic acid groups (broad SMARTS) is 1. The fourth-order valence-corrected chi connectivity index (χ4v) is 3.00. The first-order valence-electron chi connectivity index (χ1n) is 7.79. The van der Waals surface area contributed by atoms with Crippen LogP contribution in [-0.2, 0) is 40.7 Å². The van der Waals surface area contributed by atoms with Crippen LogP contribution in [0.3, 0.4) is 0 Å². The zero-order valence-electron chi connectivity index (χ0n) is 15.4. The van der Waals surface area contributed by atoms with Gasteiger partial charge >= 0.3 is 20.4 Å². The minimum atomic E-state index is -3.99. The van der Waals surface area contributed by atoms with Gasteiger partial charge in [-0.1, -0.05) is 61.9 Å². The molecule has 0 aliphatic heterocycles. The van der Waals surface area contributed by atoms with Crippen molar-refractivity contribution in [3.05, 3.63) is 65.7 Å². The molecule has 0 radical (unpaired) electrons. The van der Waals surface area contributed by atoms with E-state index in [9.17, 15) is 13.5 Å². The van der Waals surface area contributed by atoms with Crippen LogP contribution >= 0.6 is 0 Å². The van der Waals surface area contributed by atoms with Gasteiger partial charge in [0.15, 0.2) is 0 Å². The average molecular weight is 482 g/mol. The van der Waals surface area contributed by atoms with Crippen LogP contribution < -0.4 is 10.2 Å². The molecule has 6 nitrogen and oxygen atoms in total. The number of aliphatic carboxylic acids is 1. The van der Waals surface area contributed by atoms with Crippen LogP contribution in [0.2, 0.25) is 0 Å². The Morgan fingerprint density at radius 1 is 0.963 bits per heavy atom. The Hall–Kier alpha value is -2.01. The van der Waals surface area contributed by atoms with Gasteiger partial charge in [-0.2, -0.15) is 12.8 Å². The first-order valence-corrected chi connectivity index (χ1v) is 9.23. The maximum Gasteiger partial charge on any atom is 2.00 e. The summed E-state index contributed by atoms with van der Waals surface area (Å²) >= 11 is 0. The number of nitrogens with zero attached hydrogens (tertiary/aromatic N) is 1. The smallest absolute Gasteiger partial charge is 0.861 e. The van der Waals surface area contributed by atoms with E-state index in [1.54, 1.807) is 50.2 Å². The molecular weight excluding hydrogens is 461 g/mol. The number of benzene rings is 2. The Bertz CT molecular complexity index is 872. The van der Waals surface area contributed by atoms with Gasteiger partial charge in [-0.05, 0) is 37.4 Å². The summed E-state index contributed by atoms with van der Waals surface area (Å²) in [6.07, 6.45) is 0. The van der Waals surface area contributed by atoms with Crippen molar-refractivity contribution in [1.29, 1.82) is 0 Å². The number of carbonyl (C=O) groups is 1. The third-order valence-corrected chi connectivity index (χ3v) is 4.83. The summed E-state index contributed by atoms with van der Waals surface area (Å²) in [4.78, 5) is 8.91. The second kappa shape index (κ2) is 10.4. The topological polar surface area (TPSA) is 110 Å². The molecule has 148 valence electrons. The van der Waals surface area contributed by atoms with Crippen LogP contribution in [0, 0.1) is 6.92 Å². The molecule has 0 atom stereocenters. The van der Waals surface area contributed by atoms with Crippen LogP contribution in [0.25, 0.3) is 0 Å². The van der Waals surface area contributed by atoms with Crippen molar-refractivity contribution < 1.29 is 43.8 Å². The molecule has 27 heavy (non-hydrogen) atoms. The van der Waals surface area contributed by atoms with E-state index in [0.29, 0.717) is 0 Å². The van der Waals surface area contributed by atoms with Gasteiger partial charge in [0.25, 0.3) is 10.0 Å². The molecule has 0 bridgehead atoms. The molecular formula is C19H21NO5PdS. The average Bonchev–Trinajstić information content (AvgIpc) is 2.55. The number of rotatable bonds is 4. The van der Waals surface area contributed by atoms with Crippen LogP contribution in [0.15, 0.2) is 63.9 Å². The molecule has 0 spiro atoms. The number of carboxylic acids is 1. The number of hydrogen-bond donors (Lipinski definition) is 0. The van der Waals surface area contributed by atoms with E-state index < -0.39 is 27.3 Å². The standard InChI is InChI=1S/C17H19NO3S.C2H4O2.Pd/c1-13-9-11-15(12-10-13)22(20,21)18-16(19)17(2,3)14-7-5-4-6-8-14;1-2(3)4;/h4-12H,1-3H3,(H,18,19);1H3,(H,3,4);/q;;+2/p-2. The van der Waals surface area contributed by atoms with Gasteiger partial charge in [-0.15, -0.1) is 0 Å². The molecule has 0 aromatic heterocycles. The predicted molar refractivity (Wildman–Crippen MR) is 95.9 cm³/mol. The van der Waals surface area contributed by atoms with Crippen molar-refractivity contribution in [2.45, 2.75) is 38.0 Å². The molecule has 2 aromatic carbocycles. The summed E-state index contributed by atoms with van der Waals surface area (Å²) in [5.74, 6) is -1.76. The first kappa shape index (κ1) is 25.0. The SMILES string of the molecule is CC(=O)[O-].Cc1ccc(S(=O)(=O)N=C([O-])C(C)(C)c2ccccc2)cc1.[Pd+2]. The van der Waals surface area contributed by atoms with Crippen molar-refractivity contribution in [2.24, 2.45) is 4.40 Å². The maximum atomic E-state index is 12.4. The molecule has 0 unspecified atom stereocenters. The van der Waals surface area contributed by atoms with Gasteiger partial charge in [-0.25, -0.2) is 0 Å². The number of aryl methyl sites for hydroxylation is 1. The van der Waals surface area contributed by atoms with Crippen LogP contribution in [0.4, 0.5) is 0 Å². The van der Waals surface area contributed by atoms with Crippen LogP contribution in [0.5, 0.6) is 0 Å². The molecule has 2 aromatic rings. The zero-order valence-corrected chi connectivity index (χ0v) is 17.8.